The maximum absolute atomic E-state index is 4.48. The minimum absolute atomic E-state index is 0.735. The van der Waals surface area contributed by atoms with Gasteiger partial charge >= 0.3 is 0 Å². The van der Waals surface area contributed by atoms with Gasteiger partial charge in [0.25, 0.3) is 0 Å². The molecule has 0 bridgehead atoms. The van der Waals surface area contributed by atoms with Crippen LogP contribution >= 0.6 is 0 Å². The molecule has 0 saturated heterocycles. The van der Waals surface area contributed by atoms with Gasteiger partial charge in [0.15, 0.2) is 5.82 Å². The minimum atomic E-state index is 0.735. The molecule has 4 heteroatoms. The van der Waals surface area contributed by atoms with E-state index < -0.39 is 0 Å². The molecule has 0 spiro atoms. The second kappa shape index (κ2) is 4.81. The van der Waals surface area contributed by atoms with Crippen LogP contribution in [0.1, 0.15) is 11.4 Å². The number of hydrogen-bond donors (Lipinski definition) is 1. The van der Waals surface area contributed by atoms with E-state index in [1.807, 2.05) is 32.2 Å². The van der Waals surface area contributed by atoms with Crippen LogP contribution < -0.4 is 5.32 Å². The Bertz CT molecular complexity index is 468. The molecule has 0 unspecified atom stereocenters. The number of aromatic nitrogens is 3. The number of nitrogens with zero attached hydrogens (tertiary/aromatic N) is 3. The molecular weight excluding hydrogens is 200 g/mol. The SMILES string of the molecule is CNCc1cc(C)nc(-c2cccnc2)n1. The highest BCUT2D eigenvalue weighted by atomic mass is 14.9. The van der Waals surface area contributed by atoms with E-state index in [-0.39, 0.29) is 0 Å². The Balaban J connectivity index is 2.41. The summed E-state index contributed by atoms with van der Waals surface area (Å²) < 4.78 is 0. The predicted octanol–water partition coefficient (Wildman–Crippen LogP) is 1.57. The van der Waals surface area contributed by atoms with Gasteiger partial charge in [-0.05, 0) is 32.2 Å². The topological polar surface area (TPSA) is 50.7 Å². The summed E-state index contributed by atoms with van der Waals surface area (Å²) >= 11 is 0. The molecule has 2 aromatic rings. The Kier molecular flexibility index (Phi) is 3.22. The van der Waals surface area contributed by atoms with Crippen LogP contribution in [0.25, 0.3) is 11.4 Å². The zero-order chi connectivity index (χ0) is 11.4. The molecule has 2 aromatic heterocycles. The van der Waals surface area contributed by atoms with Gasteiger partial charge in [0.2, 0.25) is 0 Å². The highest BCUT2D eigenvalue weighted by Gasteiger charge is 2.04. The molecule has 0 aliphatic rings. The molecule has 16 heavy (non-hydrogen) atoms. The molecule has 0 fully saturated rings. The van der Waals surface area contributed by atoms with Gasteiger partial charge in [0, 0.05) is 30.2 Å². The summed E-state index contributed by atoms with van der Waals surface area (Å²) in [7, 11) is 1.90. The molecule has 82 valence electrons. The fraction of sp³-hybridized carbons (Fsp3) is 0.250. The van der Waals surface area contributed by atoms with Crippen molar-refractivity contribution in [1.82, 2.24) is 20.3 Å². The summed E-state index contributed by atoms with van der Waals surface area (Å²) in [5, 5.41) is 3.08. The Hall–Kier alpha value is -1.81. The molecule has 4 nitrogen and oxygen atoms in total. The predicted molar refractivity (Wildman–Crippen MR) is 62.8 cm³/mol. The van der Waals surface area contributed by atoms with Crippen molar-refractivity contribution in [2.24, 2.45) is 0 Å². The molecule has 2 heterocycles. The Morgan fingerprint density at radius 2 is 2.19 bits per heavy atom. The van der Waals surface area contributed by atoms with E-state index in [9.17, 15) is 0 Å². The largest absolute Gasteiger partial charge is 0.314 e. The van der Waals surface area contributed by atoms with Gasteiger partial charge < -0.3 is 5.32 Å². The van der Waals surface area contributed by atoms with Crippen LogP contribution in [-0.4, -0.2) is 22.0 Å². The average Bonchev–Trinajstić information content (AvgIpc) is 2.30. The first-order chi connectivity index (χ1) is 7.79. The van der Waals surface area contributed by atoms with E-state index in [2.05, 4.69) is 20.3 Å². The summed E-state index contributed by atoms with van der Waals surface area (Å²) in [5.41, 5.74) is 2.91. The van der Waals surface area contributed by atoms with Crippen LogP contribution in [0.15, 0.2) is 30.6 Å². The first kappa shape index (κ1) is 10.7. The number of rotatable bonds is 3. The lowest BCUT2D eigenvalue weighted by molar-refractivity contribution is 0.785. The van der Waals surface area contributed by atoms with Gasteiger partial charge in [0.1, 0.15) is 0 Å². The van der Waals surface area contributed by atoms with Crippen molar-refractivity contribution < 1.29 is 0 Å². The van der Waals surface area contributed by atoms with Gasteiger partial charge in [-0.2, -0.15) is 0 Å². The highest BCUT2D eigenvalue weighted by molar-refractivity contribution is 5.53. The van der Waals surface area contributed by atoms with Gasteiger partial charge in [-0.25, -0.2) is 9.97 Å². The number of pyridine rings is 1. The van der Waals surface area contributed by atoms with E-state index in [1.165, 1.54) is 0 Å². The monoisotopic (exact) mass is 214 g/mol. The molecule has 0 aliphatic heterocycles. The Morgan fingerprint density at radius 3 is 2.88 bits per heavy atom. The van der Waals surface area contributed by atoms with Crippen molar-refractivity contribution in [3.8, 4) is 11.4 Å². The minimum Gasteiger partial charge on any atom is -0.314 e. The molecule has 0 radical (unpaired) electrons. The van der Waals surface area contributed by atoms with Gasteiger partial charge in [0.05, 0.1) is 5.69 Å². The van der Waals surface area contributed by atoms with Crippen LogP contribution in [-0.2, 0) is 6.54 Å². The summed E-state index contributed by atoms with van der Waals surface area (Å²) in [5.74, 6) is 0.735. The van der Waals surface area contributed by atoms with Crippen molar-refractivity contribution in [2.75, 3.05) is 7.05 Å². The van der Waals surface area contributed by atoms with Crippen molar-refractivity contribution in [2.45, 2.75) is 13.5 Å². The first-order valence-corrected chi connectivity index (χ1v) is 5.19. The second-order valence-electron chi connectivity index (χ2n) is 3.60. The van der Waals surface area contributed by atoms with Gasteiger partial charge in [-0.15, -0.1) is 0 Å². The van der Waals surface area contributed by atoms with Gasteiger partial charge in [-0.3, -0.25) is 4.98 Å². The van der Waals surface area contributed by atoms with Crippen molar-refractivity contribution in [1.29, 1.82) is 0 Å². The quantitative estimate of drug-likeness (QED) is 0.842. The van der Waals surface area contributed by atoms with Crippen molar-refractivity contribution in [3.63, 3.8) is 0 Å². The number of aryl methyl sites for hydroxylation is 1. The van der Waals surface area contributed by atoms with Crippen LogP contribution in [0, 0.1) is 6.92 Å². The molecule has 0 amide bonds. The second-order valence-corrected chi connectivity index (χ2v) is 3.60. The molecule has 0 aromatic carbocycles. The van der Waals surface area contributed by atoms with Crippen LogP contribution in [0.5, 0.6) is 0 Å². The summed E-state index contributed by atoms with van der Waals surface area (Å²) in [6.45, 7) is 2.72. The van der Waals surface area contributed by atoms with Crippen LogP contribution in [0.3, 0.4) is 0 Å². The lowest BCUT2D eigenvalue weighted by Gasteiger charge is -2.05. The molecule has 0 atom stereocenters. The van der Waals surface area contributed by atoms with E-state index in [1.54, 1.807) is 12.4 Å². The smallest absolute Gasteiger partial charge is 0.161 e. The van der Waals surface area contributed by atoms with Gasteiger partial charge in [-0.1, -0.05) is 0 Å². The molecule has 1 N–H and O–H groups in total. The standard InChI is InChI=1S/C12H14N4/c1-9-6-11(8-13-2)16-12(15-9)10-4-3-5-14-7-10/h3-7,13H,8H2,1-2H3. The fourth-order valence-corrected chi connectivity index (χ4v) is 1.53. The van der Waals surface area contributed by atoms with E-state index in [4.69, 9.17) is 0 Å². The lowest BCUT2D eigenvalue weighted by atomic mass is 10.2. The zero-order valence-corrected chi connectivity index (χ0v) is 9.44. The number of hydrogen-bond acceptors (Lipinski definition) is 4. The zero-order valence-electron chi connectivity index (χ0n) is 9.44. The normalized spacial score (nSPS) is 10.4. The molecule has 2 rings (SSSR count). The highest BCUT2D eigenvalue weighted by Crippen LogP contribution is 2.13. The van der Waals surface area contributed by atoms with E-state index in [0.717, 1.165) is 29.3 Å². The maximum Gasteiger partial charge on any atom is 0.161 e. The third-order valence-electron chi connectivity index (χ3n) is 2.18. The fourth-order valence-electron chi connectivity index (χ4n) is 1.53. The third kappa shape index (κ3) is 2.41. The Morgan fingerprint density at radius 1 is 1.31 bits per heavy atom. The third-order valence-corrected chi connectivity index (χ3v) is 2.18. The Labute approximate surface area is 94.8 Å². The van der Waals surface area contributed by atoms with Crippen molar-refractivity contribution in [3.05, 3.63) is 42.0 Å². The van der Waals surface area contributed by atoms with Crippen LogP contribution in [0.4, 0.5) is 0 Å². The van der Waals surface area contributed by atoms with Crippen molar-refractivity contribution >= 4 is 0 Å². The molecular formula is C12H14N4. The summed E-state index contributed by atoms with van der Waals surface area (Å²) in [6.07, 6.45) is 3.52. The first-order valence-electron chi connectivity index (χ1n) is 5.19. The van der Waals surface area contributed by atoms with E-state index in [0.29, 0.717) is 0 Å². The number of nitrogens with one attached hydrogen (secondary N) is 1. The summed E-state index contributed by atoms with van der Waals surface area (Å²) in [4.78, 5) is 13.0. The lowest BCUT2D eigenvalue weighted by Crippen LogP contribution is -2.08. The average molecular weight is 214 g/mol. The van der Waals surface area contributed by atoms with E-state index >= 15 is 0 Å². The molecule has 0 saturated carbocycles. The maximum atomic E-state index is 4.48. The van der Waals surface area contributed by atoms with Crippen LogP contribution in [0.2, 0.25) is 0 Å². The summed E-state index contributed by atoms with van der Waals surface area (Å²) in [6, 6.07) is 5.83. The molecule has 0 aliphatic carbocycles.